The van der Waals surface area contributed by atoms with E-state index in [-0.39, 0.29) is 18.2 Å². The normalized spacial score (nSPS) is 15.5. The van der Waals surface area contributed by atoms with Crippen molar-refractivity contribution in [1.82, 2.24) is 14.2 Å². The molecule has 144 valence electrons. The molecule has 2 heterocycles. The first kappa shape index (κ1) is 19.5. The number of benzene rings is 1. The Morgan fingerprint density at radius 1 is 1.15 bits per heavy atom. The molecular weight excluding hydrogens is 388 g/mol. The van der Waals surface area contributed by atoms with Crippen LogP contribution in [0.1, 0.15) is 16.1 Å². The number of nitrogens with one attached hydrogen (secondary N) is 1. The van der Waals surface area contributed by atoms with Gasteiger partial charge in [-0.05, 0) is 12.1 Å². The third-order valence-corrected chi connectivity index (χ3v) is 6.31. The molecule has 0 radical (unpaired) electrons. The van der Waals surface area contributed by atoms with Crippen LogP contribution in [0.15, 0.2) is 35.7 Å². The van der Waals surface area contributed by atoms with Crippen molar-refractivity contribution < 1.29 is 18.0 Å². The van der Waals surface area contributed by atoms with Crippen LogP contribution in [-0.2, 0) is 21.2 Å². The number of nitrogens with zero attached hydrogens (tertiary/aromatic N) is 3. The third kappa shape index (κ3) is 5.12. The molecule has 0 atom stereocenters. The number of anilines is 1. The van der Waals surface area contributed by atoms with E-state index in [1.165, 1.54) is 21.9 Å². The first-order chi connectivity index (χ1) is 12.8. The number of piperazine rings is 1. The van der Waals surface area contributed by atoms with Gasteiger partial charge in [0.25, 0.3) is 5.91 Å². The van der Waals surface area contributed by atoms with E-state index in [0.717, 1.165) is 0 Å². The predicted molar refractivity (Wildman–Crippen MR) is 103 cm³/mol. The van der Waals surface area contributed by atoms with E-state index in [1.54, 1.807) is 34.5 Å². The molecule has 1 aliphatic heterocycles. The van der Waals surface area contributed by atoms with Crippen molar-refractivity contribution in [3.05, 3.63) is 47.0 Å². The Bertz CT molecular complexity index is 919. The van der Waals surface area contributed by atoms with Gasteiger partial charge in [0.05, 0.1) is 18.4 Å². The predicted octanol–water partition coefficient (Wildman–Crippen LogP) is 1.04. The summed E-state index contributed by atoms with van der Waals surface area (Å²) in [5, 5.41) is 4.90. The monoisotopic (exact) mass is 408 g/mol. The molecule has 27 heavy (non-hydrogen) atoms. The first-order valence-corrected chi connectivity index (χ1v) is 11.1. The minimum atomic E-state index is -3.22. The van der Waals surface area contributed by atoms with E-state index < -0.39 is 10.0 Å². The van der Waals surface area contributed by atoms with Gasteiger partial charge < -0.3 is 4.90 Å². The molecule has 2 amide bonds. The molecule has 8 nitrogen and oxygen atoms in total. The lowest BCUT2D eigenvalue weighted by Crippen LogP contribution is -2.50. The van der Waals surface area contributed by atoms with Gasteiger partial charge in [-0.15, -0.1) is 11.3 Å². The van der Waals surface area contributed by atoms with Gasteiger partial charge in [0.1, 0.15) is 0 Å². The van der Waals surface area contributed by atoms with Crippen LogP contribution in [0.4, 0.5) is 5.13 Å². The summed E-state index contributed by atoms with van der Waals surface area (Å²) < 4.78 is 24.4. The highest BCUT2D eigenvalue weighted by atomic mass is 32.2. The van der Waals surface area contributed by atoms with Gasteiger partial charge in [0.15, 0.2) is 5.13 Å². The maximum atomic E-state index is 12.4. The van der Waals surface area contributed by atoms with Crippen molar-refractivity contribution >= 4 is 38.3 Å². The summed E-state index contributed by atoms with van der Waals surface area (Å²) in [6, 6.07) is 8.82. The molecular formula is C17H20N4O4S2. The van der Waals surface area contributed by atoms with Crippen LogP contribution in [0.2, 0.25) is 0 Å². The van der Waals surface area contributed by atoms with Gasteiger partial charge in [-0.3, -0.25) is 14.9 Å². The SMILES string of the molecule is CS(=O)(=O)N1CCN(C(=O)Cc2csc(NC(=O)c3ccccc3)n2)CC1. The summed E-state index contributed by atoms with van der Waals surface area (Å²) in [5.74, 6) is -0.353. The van der Waals surface area contributed by atoms with Crippen molar-refractivity contribution in [2.24, 2.45) is 0 Å². The Labute approximate surface area is 161 Å². The number of sulfonamides is 1. The Hall–Kier alpha value is -2.30. The third-order valence-electron chi connectivity index (χ3n) is 4.20. The quantitative estimate of drug-likeness (QED) is 0.797. The molecule has 1 aromatic heterocycles. The summed E-state index contributed by atoms with van der Waals surface area (Å²) in [5.41, 5.74) is 1.12. The van der Waals surface area contributed by atoms with Gasteiger partial charge in [-0.1, -0.05) is 18.2 Å². The Kier molecular flexibility index (Phi) is 5.88. The average molecular weight is 409 g/mol. The molecule has 1 fully saturated rings. The summed E-state index contributed by atoms with van der Waals surface area (Å²) in [6.45, 7) is 1.35. The molecule has 0 unspecified atom stereocenters. The summed E-state index contributed by atoms with van der Waals surface area (Å²) in [7, 11) is -3.22. The largest absolute Gasteiger partial charge is 0.340 e. The van der Waals surface area contributed by atoms with Crippen molar-refractivity contribution in [2.75, 3.05) is 37.8 Å². The fourth-order valence-corrected chi connectivity index (χ4v) is 4.27. The van der Waals surface area contributed by atoms with E-state index in [1.807, 2.05) is 6.07 Å². The molecule has 1 N–H and O–H groups in total. The topological polar surface area (TPSA) is 99.7 Å². The standard InChI is InChI=1S/C17H20N4O4S2/c1-27(24,25)21-9-7-20(8-10-21)15(22)11-14-12-26-17(18-14)19-16(23)13-5-3-2-4-6-13/h2-6,12H,7-11H2,1H3,(H,18,19,23). The second kappa shape index (κ2) is 8.15. The lowest BCUT2D eigenvalue weighted by molar-refractivity contribution is -0.131. The maximum absolute atomic E-state index is 12.4. The van der Waals surface area contributed by atoms with E-state index in [0.29, 0.717) is 42.6 Å². The number of hydrogen-bond donors (Lipinski definition) is 1. The van der Waals surface area contributed by atoms with Crippen molar-refractivity contribution in [3.8, 4) is 0 Å². The van der Waals surface area contributed by atoms with Crippen LogP contribution in [0.25, 0.3) is 0 Å². The van der Waals surface area contributed by atoms with Crippen LogP contribution in [0, 0.1) is 0 Å². The summed E-state index contributed by atoms with van der Waals surface area (Å²) in [6.07, 6.45) is 1.29. The van der Waals surface area contributed by atoms with E-state index in [2.05, 4.69) is 10.3 Å². The molecule has 0 spiro atoms. The molecule has 3 rings (SSSR count). The number of aromatic nitrogens is 1. The summed E-state index contributed by atoms with van der Waals surface area (Å²) >= 11 is 1.26. The fraction of sp³-hybridized carbons (Fsp3) is 0.353. The van der Waals surface area contributed by atoms with Crippen LogP contribution in [0.5, 0.6) is 0 Å². The van der Waals surface area contributed by atoms with E-state index >= 15 is 0 Å². The van der Waals surface area contributed by atoms with Gasteiger partial charge in [0.2, 0.25) is 15.9 Å². The van der Waals surface area contributed by atoms with Gasteiger partial charge >= 0.3 is 0 Å². The lowest BCUT2D eigenvalue weighted by Gasteiger charge is -2.33. The number of rotatable bonds is 5. The highest BCUT2D eigenvalue weighted by Gasteiger charge is 2.26. The van der Waals surface area contributed by atoms with Crippen LogP contribution >= 0.6 is 11.3 Å². The minimum Gasteiger partial charge on any atom is -0.340 e. The van der Waals surface area contributed by atoms with Crippen LogP contribution < -0.4 is 5.32 Å². The molecule has 1 aliphatic rings. The second-order valence-electron chi connectivity index (χ2n) is 6.18. The Balaban J connectivity index is 1.53. The molecule has 1 aromatic carbocycles. The number of carbonyl (C=O) groups is 2. The zero-order valence-corrected chi connectivity index (χ0v) is 16.4. The van der Waals surface area contributed by atoms with Gasteiger partial charge in [-0.25, -0.2) is 13.4 Å². The Morgan fingerprint density at radius 2 is 1.81 bits per heavy atom. The molecule has 0 aliphatic carbocycles. The maximum Gasteiger partial charge on any atom is 0.257 e. The summed E-state index contributed by atoms with van der Waals surface area (Å²) in [4.78, 5) is 30.5. The van der Waals surface area contributed by atoms with Crippen molar-refractivity contribution in [1.29, 1.82) is 0 Å². The lowest BCUT2D eigenvalue weighted by atomic mass is 10.2. The van der Waals surface area contributed by atoms with Crippen LogP contribution in [-0.4, -0.2) is 66.9 Å². The van der Waals surface area contributed by atoms with E-state index in [9.17, 15) is 18.0 Å². The zero-order chi connectivity index (χ0) is 19.4. The number of carbonyl (C=O) groups excluding carboxylic acids is 2. The average Bonchev–Trinajstić information content (AvgIpc) is 3.08. The molecule has 0 bridgehead atoms. The van der Waals surface area contributed by atoms with Crippen molar-refractivity contribution in [2.45, 2.75) is 6.42 Å². The van der Waals surface area contributed by atoms with Gasteiger partial charge in [-0.2, -0.15) is 4.31 Å². The smallest absolute Gasteiger partial charge is 0.257 e. The number of thiazole rings is 1. The second-order valence-corrected chi connectivity index (χ2v) is 9.02. The molecule has 10 heteroatoms. The minimum absolute atomic E-state index is 0.102. The van der Waals surface area contributed by atoms with Gasteiger partial charge in [0, 0.05) is 37.1 Å². The van der Waals surface area contributed by atoms with E-state index in [4.69, 9.17) is 0 Å². The zero-order valence-electron chi connectivity index (χ0n) is 14.8. The highest BCUT2D eigenvalue weighted by Crippen LogP contribution is 2.18. The molecule has 1 saturated heterocycles. The number of amides is 2. The Morgan fingerprint density at radius 3 is 2.44 bits per heavy atom. The molecule has 2 aromatic rings. The first-order valence-electron chi connectivity index (χ1n) is 8.36. The highest BCUT2D eigenvalue weighted by molar-refractivity contribution is 7.88. The van der Waals surface area contributed by atoms with Crippen LogP contribution in [0.3, 0.4) is 0 Å². The molecule has 0 saturated carbocycles. The van der Waals surface area contributed by atoms with Crippen molar-refractivity contribution in [3.63, 3.8) is 0 Å². The number of hydrogen-bond acceptors (Lipinski definition) is 6. The fourth-order valence-electron chi connectivity index (χ4n) is 2.74.